The molecule has 0 unspecified atom stereocenters. The number of methoxy groups -OCH3 is 1. The SMILES string of the molecule is C=CCn1c(=NC(=O)c2ccc(OC)cc2)sc2cc(Cl)cc(Cl)c21. The van der Waals surface area contributed by atoms with Crippen LogP contribution in [-0.4, -0.2) is 17.6 Å². The van der Waals surface area contributed by atoms with Gasteiger partial charge in [-0.1, -0.05) is 40.6 Å². The summed E-state index contributed by atoms with van der Waals surface area (Å²) in [5, 5.41) is 1.05. The second-order valence-electron chi connectivity index (χ2n) is 5.16. The topological polar surface area (TPSA) is 43.6 Å². The highest BCUT2D eigenvalue weighted by Crippen LogP contribution is 2.29. The highest BCUT2D eigenvalue weighted by molar-refractivity contribution is 7.16. The zero-order valence-corrected chi connectivity index (χ0v) is 15.7. The Balaban J connectivity index is 2.14. The standard InChI is InChI=1S/C18H14Cl2N2O2S/c1-3-8-22-16-14(20)9-12(19)10-15(16)25-18(22)21-17(23)11-4-6-13(24-2)7-5-11/h3-7,9-10H,1,8H2,2H3. The molecule has 0 atom stereocenters. The van der Waals surface area contributed by atoms with Crippen molar-refractivity contribution in [1.82, 2.24) is 4.57 Å². The van der Waals surface area contributed by atoms with Crippen LogP contribution >= 0.6 is 34.5 Å². The summed E-state index contributed by atoms with van der Waals surface area (Å²) in [5.41, 5.74) is 1.27. The third-order valence-corrected chi connectivity index (χ3v) is 5.07. The fourth-order valence-corrected chi connectivity index (χ4v) is 4.22. The van der Waals surface area contributed by atoms with Gasteiger partial charge in [0.25, 0.3) is 5.91 Å². The lowest BCUT2D eigenvalue weighted by Gasteiger charge is -2.03. The van der Waals surface area contributed by atoms with Gasteiger partial charge < -0.3 is 9.30 Å². The van der Waals surface area contributed by atoms with Crippen LogP contribution in [-0.2, 0) is 6.54 Å². The minimum atomic E-state index is -0.339. The first-order valence-corrected chi connectivity index (χ1v) is 8.93. The predicted octanol–water partition coefficient (Wildman–Crippen LogP) is 4.95. The van der Waals surface area contributed by atoms with Crippen LogP contribution in [0.5, 0.6) is 5.75 Å². The highest BCUT2D eigenvalue weighted by atomic mass is 35.5. The number of rotatable bonds is 4. The summed E-state index contributed by atoms with van der Waals surface area (Å²) < 4.78 is 7.82. The molecule has 1 amide bonds. The smallest absolute Gasteiger partial charge is 0.279 e. The van der Waals surface area contributed by atoms with Crippen LogP contribution < -0.4 is 9.54 Å². The number of hydrogen-bond acceptors (Lipinski definition) is 3. The average molecular weight is 393 g/mol. The molecule has 3 aromatic rings. The van der Waals surface area contributed by atoms with E-state index in [-0.39, 0.29) is 5.91 Å². The zero-order valence-electron chi connectivity index (χ0n) is 13.3. The molecule has 0 aliphatic carbocycles. The second-order valence-corrected chi connectivity index (χ2v) is 7.02. The average Bonchev–Trinajstić information content (AvgIpc) is 2.92. The molecule has 7 heteroatoms. The third-order valence-electron chi connectivity index (χ3n) is 3.54. The van der Waals surface area contributed by atoms with Crippen molar-refractivity contribution in [2.45, 2.75) is 6.54 Å². The van der Waals surface area contributed by atoms with Crippen LogP contribution in [0, 0.1) is 0 Å². The Bertz CT molecular complexity index is 1020. The van der Waals surface area contributed by atoms with Crippen LogP contribution in [0.4, 0.5) is 0 Å². The van der Waals surface area contributed by atoms with Gasteiger partial charge in [-0.3, -0.25) is 4.79 Å². The van der Waals surface area contributed by atoms with Crippen molar-refractivity contribution < 1.29 is 9.53 Å². The minimum absolute atomic E-state index is 0.339. The van der Waals surface area contributed by atoms with Gasteiger partial charge in [0.15, 0.2) is 4.80 Å². The molecule has 0 spiro atoms. The van der Waals surface area contributed by atoms with Gasteiger partial charge >= 0.3 is 0 Å². The lowest BCUT2D eigenvalue weighted by atomic mass is 10.2. The number of nitrogens with zero attached hydrogens (tertiary/aromatic N) is 2. The summed E-state index contributed by atoms with van der Waals surface area (Å²) in [6, 6.07) is 10.3. The molecule has 128 valence electrons. The first-order valence-electron chi connectivity index (χ1n) is 7.36. The number of carbonyl (C=O) groups is 1. The normalized spacial score (nSPS) is 11.7. The fourth-order valence-electron chi connectivity index (χ4n) is 2.40. The maximum Gasteiger partial charge on any atom is 0.279 e. The monoisotopic (exact) mass is 392 g/mol. The fraction of sp³-hybridized carbons (Fsp3) is 0.111. The number of carbonyl (C=O) groups excluding carboxylic acids is 1. The number of benzene rings is 2. The molecule has 25 heavy (non-hydrogen) atoms. The Hall–Kier alpha value is -2.08. The van der Waals surface area contributed by atoms with Crippen LogP contribution in [0.15, 0.2) is 54.0 Å². The van der Waals surface area contributed by atoms with E-state index < -0.39 is 0 Å². The molecule has 0 saturated heterocycles. The summed E-state index contributed by atoms with van der Waals surface area (Å²) in [6.45, 7) is 4.24. The van der Waals surface area contributed by atoms with Crippen LogP contribution in [0.3, 0.4) is 0 Å². The molecule has 0 radical (unpaired) electrons. The number of hydrogen-bond donors (Lipinski definition) is 0. The number of fused-ring (bicyclic) bond motifs is 1. The Kier molecular flexibility index (Phi) is 5.27. The molecule has 0 aliphatic heterocycles. The number of aromatic nitrogens is 1. The lowest BCUT2D eigenvalue weighted by molar-refractivity contribution is 0.0998. The molecule has 2 aromatic carbocycles. The van der Waals surface area contributed by atoms with Crippen molar-refractivity contribution in [3.63, 3.8) is 0 Å². The molecular formula is C18H14Cl2N2O2S. The van der Waals surface area contributed by atoms with Gasteiger partial charge in [-0.15, -0.1) is 6.58 Å². The van der Waals surface area contributed by atoms with E-state index in [2.05, 4.69) is 11.6 Å². The molecule has 0 saturated carbocycles. The largest absolute Gasteiger partial charge is 0.497 e. The second kappa shape index (κ2) is 7.44. The molecule has 3 rings (SSSR count). The molecule has 0 bridgehead atoms. The number of thiazole rings is 1. The molecule has 0 aliphatic rings. The quantitative estimate of drug-likeness (QED) is 0.589. The summed E-state index contributed by atoms with van der Waals surface area (Å²) in [6.07, 6.45) is 1.73. The van der Waals surface area contributed by atoms with E-state index in [1.54, 1.807) is 43.5 Å². The molecule has 0 N–H and O–H groups in total. The summed E-state index contributed by atoms with van der Waals surface area (Å²) in [7, 11) is 1.57. The number of amides is 1. The van der Waals surface area contributed by atoms with Crippen LogP contribution in [0.1, 0.15) is 10.4 Å². The van der Waals surface area contributed by atoms with Crippen molar-refractivity contribution in [3.8, 4) is 5.75 Å². The Labute approximate surface area is 158 Å². The number of halogens is 2. The van der Waals surface area contributed by atoms with E-state index in [1.165, 1.54) is 11.3 Å². The van der Waals surface area contributed by atoms with Crippen molar-refractivity contribution in [2.75, 3.05) is 7.11 Å². The Morgan fingerprint density at radius 1 is 1.32 bits per heavy atom. The molecule has 0 fully saturated rings. The van der Waals surface area contributed by atoms with E-state index in [0.717, 1.165) is 10.2 Å². The molecule has 1 aromatic heterocycles. The maximum atomic E-state index is 12.5. The van der Waals surface area contributed by atoms with Gasteiger partial charge in [0.2, 0.25) is 0 Å². The van der Waals surface area contributed by atoms with Crippen LogP contribution in [0.25, 0.3) is 10.2 Å². The van der Waals surface area contributed by atoms with E-state index in [4.69, 9.17) is 27.9 Å². The van der Waals surface area contributed by atoms with E-state index in [1.807, 2.05) is 10.6 Å². The van der Waals surface area contributed by atoms with Gasteiger partial charge in [-0.2, -0.15) is 4.99 Å². The van der Waals surface area contributed by atoms with E-state index in [0.29, 0.717) is 32.7 Å². The maximum absolute atomic E-state index is 12.5. The van der Waals surface area contributed by atoms with Gasteiger partial charge in [0.05, 0.1) is 22.3 Å². The molecule has 4 nitrogen and oxygen atoms in total. The summed E-state index contributed by atoms with van der Waals surface area (Å²) >= 11 is 13.8. The summed E-state index contributed by atoms with van der Waals surface area (Å²) in [4.78, 5) is 17.3. The van der Waals surface area contributed by atoms with Gasteiger partial charge in [0.1, 0.15) is 5.75 Å². The first kappa shape index (κ1) is 17.7. The van der Waals surface area contributed by atoms with Gasteiger partial charge in [-0.05, 0) is 36.4 Å². The molecule has 1 heterocycles. The molecular weight excluding hydrogens is 379 g/mol. The van der Waals surface area contributed by atoms with Crippen molar-refractivity contribution in [2.24, 2.45) is 4.99 Å². The predicted molar refractivity (Wildman–Crippen MR) is 103 cm³/mol. The lowest BCUT2D eigenvalue weighted by Crippen LogP contribution is -2.16. The zero-order chi connectivity index (χ0) is 18.0. The first-order chi connectivity index (χ1) is 12.0. The number of allylic oxidation sites excluding steroid dienone is 1. The van der Waals surface area contributed by atoms with Crippen molar-refractivity contribution >= 4 is 50.7 Å². The van der Waals surface area contributed by atoms with Crippen LogP contribution in [0.2, 0.25) is 10.0 Å². The van der Waals surface area contributed by atoms with Crippen molar-refractivity contribution in [1.29, 1.82) is 0 Å². The Morgan fingerprint density at radius 3 is 2.68 bits per heavy atom. The van der Waals surface area contributed by atoms with Gasteiger partial charge in [-0.25, -0.2) is 0 Å². The van der Waals surface area contributed by atoms with E-state index in [9.17, 15) is 4.79 Å². The van der Waals surface area contributed by atoms with Crippen molar-refractivity contribution in [3.05, 3.63) is 69.5 Å². The number of ether oxygens (including phenoxy) is 1. The minimum Gasteiger partial charge on any atom is -0.497 e. The third kappa shape index (κ3) is 3.63. The van der Waals surface area contributed by atoms with Gasteiger partial charge in [0, 0.05) is 17.1 Å². The van der Waals surface area contributed by atoms with E-state index >= 15 is 0 Å². The Morgan fingerprint density at radius 2 is 2.04 bits per heavy atom. The summed E-state index contributed by atoms with van der Waals surface area (Å²) in [5.74, 6) is 0.343. The highest BCUT2D eigenvalue weighted by Gasteiger charge is 2.12.